The number of rotatable bonds is 5. The second-order valence-corrected chi connectivity index (χ2v) is 9.66. The monoisotopic (exact) mass is 407 g/mol. The van der Waals surface area contributed by atoms with Crippen molar-refractivity contribution in [3.8, 4) is 5.75 Å². The number of anilines is 1. The average molecular weight is 408 g/mol. The van der Waals surface area contributed by atoms with Crippen molar-refractivity contribution in [3.63, 3.8) is 0 Å². The van der Waals surface area contributed by atoms with Crippen molar-refractivity contribution in [2.75, 3.05) is 19.0 Å². The number of aromatic nitrogens is 1. The molecule has 1 aliphatic heterocycles. The molecule has 1 aliphatic carbocycles. The lowest BCUT2D eigenvalue weighted by atomic mass is 10.2. The fourth-order valence-corrected chi connectivity index (χ4v) is 6.31. The Morgan fingerprint density at radius 1 is 1.26 bits per heavy atom. The molecule has 1 aromatic carbocycles. The maximum atomic E-state index is 13.0. The number of ether oxygens (including phenoxy) is 1. The number of carbonyl (C=O) groups excluding carboxylic acids is 1. The van der Waals surface area contributed by atoms with Crippen LogP contribution in [0.5, 0.6) is 5.75 Å². The minimum Gasteiger partial charge on any atom is -0.497 e. The summed E-state index contributed by atoms with van der Waals surface area (Å²) in [5.74, 6) is 0.276. The number of hydrogen-bond donors (Lipinski definition) is 1. The quantitative estimate of drug-likeness (QED) is 0.822. The van der Waals surface area contributed by atoms with Crippen molar-refractivity contribution in [3.05, 3.63) is 34.8 Å². The minimum atomic E-state index is -3.75. The molecule has 1 fully saturated rings. The van der Waals surface area contributed by atoms with E-state index in [-0.39, 0.29) is 10.8 Å². The highest BCUT2D eigenvalue weighted by Crippen LogP contribution is 2.32. The molecule has 0 bridgehead atoms. The van der Waals surface area contributed by atoms with Crippen molar-refractivity contribution in [1.82, 2.24) is 9.29 Å². The first kappa shape index (κ1) is 18.4. The summed E-state index contributed by atoms with van der Waals surface area (Å²) in [5, 5.41) is 3.40. The van der Waals surface area contributed by atoms with E-state index in [4.69, 9.17) is 4.74 Å². The number of nitrogens with zero attached hydrogens (tertiary/aromatic N) is 2. The zero-order chi connectivity index (χ0) is 19.0. The lowest BCUT2D eigenvalue weighted by Crippen LogP contribution is -2.43. The molecule has 1 saturated heterocycles. The Morgan fingerprint density at radius 2 is 2.04 bits per heavy atom. The largest absolute Gasteiger partial charge is 0.497 e. The van der Waals surface area contributed by atoms with E-state index in [1.807, 2.05) is 0 Å². The zero-order valence-corrected chi connectivity index (χ0v) is 16.6. The topological polar surface area (TPSA) is 88.6 Å². The minimum absolute atomic E-state index is 0.163. The molecule has 7 nitrogen and oxygen atoms in total. The van der Waals surface area contributed by atoms with E-state index in [1.54, 1.807) is 12.1 Å². The Hall–Kier alpha value is -1.97. The molecule has 1 unspecified atom stereocenters. The van der Waals surface area contributed by atoms with E-state index in [9.17, 15) is 13.2 Å². The first-order valence-electron chi connectivity index (χ1n) is 8.94. The Morgan fingerprint density at radius 3 is 2.74 bits per heavy atom. The number of aryl methyl sites for hydroxylation is 2. The van der Waals surface area contributed by atoms with Gasteiger partial charge >= 0.3 is 0 Å². The molecular formula is C18H21N3O4S2. The summed E-state index contributed by atoms with van der Waals surface area (Å²) >= 11 is 1.49. The van der Waals surface area contributed by atoms with Crippen molar-refractivity contribution < 1.29 is 17.9 Å². The van der Waals surface area contributed by atoms with Crippen LogP contribution in [0.3, 0.4) is 0 Å². The van der Waals surface area contributed by atoms with Crippen molar-refractivity contribution >= 4 is 32.4 Å². The second-order valence-electron chi connectivity index (χ2n) is 6.68. The van der Waals surface area contributed by atoms with E-state index >= 15 is 0 Å². The van der Waals surface area contributed by atoms with Gasteiger partial charge in [0.1, 0.15) is 11.8 Å². The van der Waals surface area contributed by atoms with Crippen LogP contribution in [-0.2, 0) is 27.7 Å². The van der Waals surface area contributed by atoms with Crippen LogP contribution < -0.4 is 10.1 Å². The summed E-state index contributed by atoms with van der Waals surface area (Å²) in [6.45, 7) is 0.334. The molecule has 0 spiro atoms. The summed E-state index contributed by atoms with van der Waals surface area (Å²) in [6.07, 6.45) is 4.22. The van der Waals surface area contributed by atoms with Gasteiger partial charge in [-0.25, -0.2) is 13.4 Å². The third kappa shape index (κ3) is 3.46. The predicted molar refractivity (Wildman–Crippen MR) is 103 cm³/mol. The Kier molecular flexibility index (Phi) is 4.92. The van der Waals surface area contributed by atoms with Crippen LogP contribution in [0.25, 0.3) is 0 Å². The van der Waals surface area contributed by atoms with Crippen molar-refractivity contribution in [1.29, 1.82) is 0 Å². The van der Waals surface area contributed by atoms with Crippen LogP contribution in [0.15, 0.2) is 29.2 Å². The smallest absolute Gasteiger partial charge is 0.244 e. The summed E-state index contributed by atoms with van der Waals surface area (Å²) in [5.41, 5.74) is 1.06. The first-order valence-corrected chi connectivity index (χ1v) is 11.2. The van der Waals surface area contributed by atoms with Gasteiger partial charge in [0.15, 0.2) is 5.13 Å². The van der Waals surface area contributed by atoms with E-state index in [2.05, 4.69) is 10.3 Å². The maximum Gasteiger partial charge on any atom is 0.244 e. The molecule has 144 valence electrons. The van der Waals surface area contributed by atoms with Gasteiger partial charge in [-0.15, -0.1) is 11.3 Å². The third-order valence-electron chi connectivity index (χ3n) is 5.00. The Labute approximate surface area is 162 Å². The number of fused-ring (bicyclic) bond motifs is 1. The number of benzene rings is 1. The fraction of sp³-hybridized carbons (Fsp3) is 0.444. The third-order valence-corrected chi connectivity index (χ3v) is 7.99. The summed E-state index contributed by atoms with van der Waals surface area (Å²) < 4.78 is 32.4. The highest BCUT2D eigenvalue weighted by Gasteiger charge is 2.39. The number of amides is 1. The standard InChI is InChI=1S/C18H21N3O4S2/c1-25-12-7-9-13(10-8-12)27(23,24)21-11-3-5-15(21)17(22)20-18-19-14-4-2-6-16(14)26-18/h7-10,15H,2-6,11H2,1H3,(H,19,20,22). The molecule has 1 atom stereocenters. The van der Waals surface area contributed by atoms with Gasteiger partial charge in [0, 0.05) is 11.4 Å². The normalized spacial score (nSPS) is 19.8. The lowest BCUT2D eigenvalue weighted by Gasteiger charge is -2.23. The first-order chi connectivity index (χ1) is 13.0. The number of carbonyl (C=O) groups is 1. The molecule has 4 rings (SSSR count). The van der Waals surface area contributed by atoms with Crippen LogP contribution in [0, 0.1) is 0 Å². The van der Waals surface area contributed by atoms with Gasteiger partial charge in [-0.2, -0.15) is 4.31 Å². The van der Waals surface area contributed by atoms with Crippen LogP contribution >= 0.6 is 11.3 Å². The van der Waals surface area contributed by atoms with Gasteiger partial charge in [0.05, 0.1) is 17.7 Å². The molecule has 9 heteroatoms. The van der Waals surface area contributed by atoms with Gasteiger partial charge < -0.3 is 10.1 Å². The molecule has 1 N–H and O–H groups in total. The molecular weight excluding hydrogens is 386 g/mol. The lowest BCUT2D eigenvalue weighted by molar-refractivity contribution is -0.119. The molecule has 0 radical (unpaired) electrons. The summed E-state index contributed by atoms with van der Waals surface area (Å²) in [6, 6.07) is 5.51. The van der Waals surface area contributed by atoms with Gasteiger partial charge in [-0.05, 0) is 56.4 Å². The predicted octanol–water partition coefficient (Wildman–Crippen LogP) is 2.43. The fourth-order valence-electron chi connectivity index (χ4n) is 3.61. The maximum absolute atomic E-state index is 13.0. The second kappa shape index (κ2) is 7.21. The van der Waals surface area contributed by atoms with Crippen molar-refractivity contribution in [2.24, 2.45) is 0 Å². The van der Waals surface area contributed by atoms with Gasteiger partial charge in [-0.1, -0.05) is 0 Å². The SMILES string of the molecule is COc1ccc(S(=O)(=O)N2CCCC2C(=O)Nc2nc3c(s2)CCC3)cc1. The van der Waals surface area contributed by atoms with Crippen LogP contribution in [0.2, 0.25) is 0 Å². The molecule has 0 saturated carbocycles. The highest BCUT2D eigenvalue weighted by molar-refractivity contribution is 7.89. The zero-order valence-electron chi connectivity index (χ0n) is 15.0. The van der Waals surface area contributed by atoms with Crippen LogP contribution in [0.4, 0.5) is 5.13 Å². The van der Waals surface area contributed by atoms with Gasteiger partial charge in [0.25, 0.3) is 0 Å². The summed E-state index contributed by atoms with van der Waals surface area (Å²) in [4.78, 5) is 18.6. The molecule has 2 aliphatic rings. The molecule has 2 heterocycles. The molecule has 27 heavy (non-hydrogen) atoms. The van der Waals surface area contributed by atoms with Crippen LogP contribution in [-0.4, -0.2) is 43.3 Å². The van der Waals surface area contributed by atoms with Gasteiger partial charge in [0.2, 0.25) is 15.9 Å². The molecule has 1 amide bonds. The van der Waals surface area contributed by atoms with Crippen molar-refractivity contribution in [2.45, 2.75) is 43.0 Å². The highest BCUT2D eigenvalue weighted by atomic mass is 32.2. The van der Waals surface area contributed by atoms with Gasteiger partial charge in [-0.3, -0.25) is 4.79 Å². The van der Waals surface area contributed by atoms with E-state index in [1.165, 1.54) is 39.8 Å². The number of hydrogen-bond acceptors (Lipinski definition) is 6. The van der Waals surface area contributed by atoms with E-state index in [0.717, 1.165) is 25.0 Å². The number of methoxy groups -OCH3 is 1. The Bertz CT molecular complexity index is 932. The average Bonchev–Trinajstić information content (AvgIpc) is 3.37. The number of thiazole rings is 1. The molecule has 1 aromatic heterocycles. The van der Waals surface area contributed by atoms with Crippen LogP contribution in [0.1, 0.15) is 29.8 Å². The summed E-state index contributed by atoms with van der Waals surface area (Å²) in [7, 11) is -2.22. The van der Waals surface area contributed by atoms with E-state index in [0.29, 0.717) is 30.3 Å². The Balaban J connectivity index is 1.52. The molecule has 2 aromatic rings. The number of nitrogens with one attached hydrogen (secondary N) is 1. The number of sulfonamides is 1. The van der Waals surface area contributed by atoms with E-state index < -0.39 is 16.1 Å².